The number of likely N-dealkylation sites (tertiary alicyclic amines) is 1. The molecule has 3 aliphatic rings. The molecule has 0 saturated carbocycles. The zero-order valence-electron chi connectivity index (χ0n) is 17.2. The van der Waals surface area contributed by atoms with Crippen LogP contribution in [-0.2, 0) is 11.3 Å². The van der Waals surface area contributed by atoms with Crippen LogP contribution < -0.4 is 9.47 Å². The maximum absolute atomic E-state index is 12.7. The van der Waals surface area contributed by atoms with Crippen molar-refractivity contribution in [2.24, 2.45) is 0 Å². The van der Waals surface area contributed by atoms with Crippen LogP contribution in [0.4, 0.5) is 0 Å². The molecule has 2 aromatic carbocycles. The zero-order valence-corrected chi connectivity index (χ0v) is 17.2. The summed E-state index contributed by atoms with van der Waals surface area (Å²) in [5, 5.41) is 0. The maximum Gasteiger partial charge on any atom is 0.254 e. The Labute approximate surface area is 176 Å². The molecule has 1 fully saturated rings. The molecule has 3 heterocycles. The molecule has 5 rings (SSSR count). The van der Waals surface area contributed by atoms with Crippen LogP contribution >= 0.6 is 0 Å². The highest BCUT2D eigenvalue weighted by Crippen LogP contribution is 2.39. The minimum Gasteiger partial charge on any atom is -0.454 e. The van der Waals surface area contributed by atoms with E-state index >= 15 is 0 Å². The van der Waals surface area contributed by atoms with Crippen molar-refractivity contribution < 1.29 is 19.1 Å². The minimum absolute atomic E-state index is 0.119. The molecule has 2 aromatic rings. The van der Waals surface area contributed by atoms with Crippen molar-refractivity contribution in [2.45, 2.75) is 38.3 Å². The Kier molecular flexibility index (Phi) is 4.95. The van der Waals surface area contributed by atoms with E-state index in [2.05, 4.69) is 17.0 Å². The summed E-state index contributed by atoms with van der Waals surface area (Å²) >= 11 is 0. The first-order valence-electron chi connectivity index (χ1n) is 10.6. The molecule has 156 valence electrons. The van der Waals surface area contributed by atoms with Gasteiger partial charge in [-0.05, 0) is 55.0 Å². The summed E-state index contributed by atoms with van der Waals surface area (Å²) in [4.78, 5) is 28.8. The lowest BCUT2D eigenvalue weighted by molar-refractivity contribution is -0.118. The average Bonchev–Trinajstić information content (AvgIpc) is 3.43. The number of hydrogen-bond acceptors (Lipinski definition) is 5. The first-order valence-corrected chi connectivity index (χ1v) is 10.6. The largest absolute Gasteiger partial charge is 0.454 e. The predicted octanol–water partition coefficient (Wildman–Crippen LogP) is 3.21. The summed E-state index contributed by atoms with van der Waals surface area (Å²) in [6.07, 6.45) is 1.84. The van der Waals surface area contributed by atoms with Crippen molar-refractivity contribution in [3.8, 4) is 11.5 Å². The van der Waals surface area contributed by atoms with Crippen LogP contribution in [0.1, 0.15) is 47.2 Å². The summed E-state index contributed by atoms with van der Waals surface area (Å²) in [6.45, 7) is 4.61. The van der Waals surface area contributed by atoms with E-state index in [0.717, 1.165) is 42.0 Å². The number of Topliss-reactive ketones (excluding diaryl/α,β-unsaturated/α-hetero) is 1. The van der Waals surface area contributed by atoms with Crippen molar-refractivity contribution in [3.63, 3.8) is 0 Å². The molecule has 0 aliphatic carbocycles. The van der Waals surface area contributed by atoms with Gasteiger partial charge in [0.05, 0.1) is 6.54 Å². The van der Waals surface area contributed by atoms with E-state index in [1.165, 1.54) is 5.56 Å². The Bertz CT molecular complexity index is 989. The molecule has 0 spiro atoms. The van der Waals surface area contributed by atoms with Gasteiger partial charge in [-0.25, -0.2) is 0 Å². The van der Waals surface area contributed by atoms with E-state index in [1.54, 1.807) is 6.92 Å². The second-order valence-electron chi connectivity index (χ2n) is 8.50. The van der Waals surface area contributed by atoms with Gasteiger partial charge in [-0.2, -0.15) is 0 Å². The van der Waals surface area contributed by atoms with Crippen LogP contribution in [-0.4, -0.2) is 54.0 Å². The number of carbonyl (C=O) groups excluding carboxylic acids is 2. The molecule has 1 amide bonds. The Morgan fingerprint density at radius 1 is 1.13 bits per heavy atom. The number of hydrogen-bond donors (Lipinski definition) is 0. The molecule has 1 saturated heterocycles. The first kappa shape index (κ1) is 19.1. The lowest BCUT2D eigenvalue weighted by Gasteiger charge is -2.25. The van der Waals surface area contributed by atoms with Crippen LogP contribution in [0.25, 0.3) is 0 Å². The molecule has 2 atom stereocenters. The number of ether oxygens (including phenoxy) is 2. The van der Waals surface area contributed by atoms with Gasteiger partial charge in [0.2, 0.25) is 6.79 Å². The highest BCUT2D eigenvalue weighted by Gasteiger charge is 2.35. The Morgan fingerprint density at radius 3 is 2.80 bits per heavy atom. The minimum atomic E-state index is 0.119. The van der Waals surface area contributed by atoms with Crippen LogP contribution in [0.5, 0.6) is 11.5 Å². The Hall–Kier alpha value is -2.86. The lowest BCUT2D eigenvalue weighted by Crippen LogP contribution is -2.36. The molecule has 6 heteroatoms. The molecule has 0 N–H and O–H groups in total. The smallest absolute Gasteiger partial charge is 0.254 e. The van der Waals surface area contributed by atoms with Crippen LogP contribution in [0.3, 0.4) is 0 Å². The maximum atomic E-state index is 12.7. The van der Waals surface area contributed by atoms with Gasteiger partial charge in [-0.3, -0.25) is 14.5 Å². The summed E-state index contributed by atoms with van der Waals surface area (Å²) in [5.74, 6) is 2.23. The van der Waals surface area contributed by atoms with E-state index < -0.39 is 0 Å². The van der Waals surface area contributed by atoms with Gasteiger partial charge in [0.15, 0.2) is 11.5 Å². The molecular formula is C24H26N2O4. The molecule has 2 unspecified atom stereocenters. The van der Waals surface area contributed by atoms with Crippen molar-refractivity contribution in [3.05, 3.63) is 59.2 Å². The third kappa shape index (κ3) is 3.56. The number of benzene rings is 2. The predicted molar refractivity (Wildman–Crippen MR) is 112 cm³/mol. The number of rotatable bonds is 6. The monoisotopic (exact) mass is 406 g/mol. The van der Waals surface area contributed by atoms with Crippen LogP contribution in [0, 0.1) is 0 Å². The van der Waals surface area contributed by atoms with Gasteiger partial charge in [0.1, 0.15) is 5.78 Å². The first-order chi connectivity index (χ1) is 14.6. The van der Waals surface area contributed by atoms with Crippen molar-refractivity contribution >= 4 is 11.7 Å². The van der Waals surface area contributed by atoms with Crippen LogP contribution in [0.15, 0.2) is 42.5 Å². The number of amides is 1. The van der Waals surface area contributed by atoms with E-state index in [-0.39, 0.29) is 24.5 Å². The summed E-state index contributed by atoms with van der Waals surface area (Å²) in [7, 11) is 0. The van der Waals surface area contributed by atoms with Gasteiger partial charge >= 0.3 is 0 Å². The Morgan fingerprint density at radius 2 is 1.97 bits per heavy atom. The van der Waals surface area contributed by atoms with E-state index in [9.17, 15) is 9.59 Å². The van der Waals surface area contributed by atoms with E-state index in [1.807, 2.05) is 35.2 Å². The molecule has 0 aromatic heterocycles. The standard InChI is InChI=1S/C24H26N2O4/c1-16(27)12-26-14-19(17-6-7-22-23(11-17)30-15-29-22)10-20(26)8-9-25-13-18-4-2-3-5-21(18)24(25)28/h2-7,11,19-20H,8-10,12-15H2,1H3. The number of nitrogens with zero attached hydrogens (tertiary/aromatic N) is 2. The third-order valence-corrected chi connectivity index (χ3v) is 6.45. The second-order valence-corrected chi connectivity index (χ2v) is 8.50. The fourth-order valence-corrected chi connectivity index (χ4v) is 4.97. The number of ketones is 1. The van der Waals surface area contributed by atoms with Gasteiger partial charge in [-0.1, -0.05) is 24.3 Å². The number of fused-ring (bicyclic) bond motifs is 2. The van der Waals surface area contributed by atoms with Crippen molar-refractivity contribution in [1.29, 1.82) is 0 Å². The van der Waals surface area contributed by atoms with Gasteiger partial charge in [0.25, 0.3) is 5.91 Å². The quantitative estimate of drug-likeness (QED) is 0.737. The SMILES string of the molecule is CC(=O)CN1CC(c2ccc3c(c2)OCO3)CC1CCN1Cc2ccccc2C1=O. The third-order valence-electron chi connectivity index (χ3n) is 6.45. The van der Waals surface area contributed by atoms with E-state index in [0.29, 0.717) is 25.6 Å². The molecule has 3 aliphatic heterocycles. The molecule has 0 bridgehead atoms. The number of carbonyl (C=O) groups is 2. The fraction of sp³-hybridized carbons (Fsp3) is 0.417. The highest BCUT2D eigenvalue weighted by molar-refractivity contribution is 5.98. The average molecular weight is 406 g/mol. The van der Waals surface area contributed by atoms with Crippen molar-refractivity contribution in [1.82, 2.24) is 9.80 Å². The normalized spacial score (nSPS) is 22.6. The molecule has 0 radical (unpaired) electrons. The fourth-order valence-electron chi connectivity index (χ4n) is 4.97. The molecule has 30 heavy (non-hydrogen) atoms. The van der Waals surface area contributed by atoms with E-state index in [4.69, 9.17) is 9.47 Å². The van der Waals surface area contributed by atoms with Crippen molar-refractivity contribution in [2.75, 3.05) is 26.4 Å². The van der Waals surface area contributed by atoms with Gasteiger partial charge < -0.3 is 14.4 Å². The zero-order chi connectivity index (χ0) is 20.7. The van der Waals surface area contributed by atoms with Gasteiger partial charge in [-0.15, -0.1) is 0 Å². The second kappa shape index (κ2) is 7.76. The highest BCUT2D eigenvalue weighted by atomic mass is 16.7. The summed E-state index contributed by atoms with van der Waals surface area (Å²) in [6, 6.07) is 14.3. The van der Waals surface area contributed by atoms with Gasteiger partial charge in [0, 0.05) is 31.2 Å². The summed E-state index contributed by atoms with van der Waals surface area (Å²) in [5.41, 5.74) is 3.15. The Balaban J connectivity index is 1.27. The topological polar surface area (TPSA) is 59.1 Å². The van der Waals surface area contributed by atoms with Crippen LogP contribution in [0.2, 0.25) is 0 Å². The molecular weight excluding hydrogens is 380 g/mol. The lowest BCUT2D eigenvalue weighted by atomic mass is 9.95. The summed E-state index contributed by atoms with van der Waals surface area (Å²) < 4.78 is 11.0. The molecule has 6 nitrogen and oxygen atoms in total.